The Kier molecular flexibility index (Phi) is 7.67. The minimum atomic E-state index is -1.05. The van der Waals surface area contributed by atoms with Gasteiger partial charge >= 0.3 is 5.97 Å². The summed E-state index contributed by atoms with van der Waals surface area (Å²) in [4.78, 5) is 25.9. The fraction of sp³-hybridized carbons (Fsp3) is 0.462. The van der Waals surface area contributed by atoms with Gasteiger partial charge in [0.1, 0.15) is 11.4 Å². The van der Waals surface area contributed by atoms with Crippen LogP contribution in [0, 0.1) is 25.6 Å². The number of ether oxygens (including phenoxy) is 1. The third-order valence-corrected chi connectivity index (χ3v) is 6.59. The van der Waals surface area contributed by atoms with E-state index in [-0.39, 0.29) is 37.3 Å². The lowest BCUT2D eigenvalue weighted by Gasteiger charge is -2.38. The molecule has 1 aliphatic rings. The van der Waals surface area contributed by atoms with Gasteiger partial charge in [0.15, 0.2) is 0 Å². The summed E-state index contributed by atoms with van der Waals surface area (Å²) >= 11 is 0. The minimum Gasteiger partial charge on any atom is -0.464 e. The molecule has 0 saturated heterocycles. The molecule has 1 fully saturated rings. The fourth-order valence-corrected chi connectivity index (χ4v) is 4.58. The van der Waals surface area contributed by atoms with E-state index in [1.807, 2.05) is 26.0 Å². The molecule has 0 aromatic heterocycles. The summed E-state index contributed by atoms with van der Waals surface area (Å²) in [6, 6.07) is 10.2. The number of aliphatic hydroxyl groups excluding tert-OH is 1. The van der Waals surface area contributed by atoms with Gasteiger partial charge in [-0.25, -0.2) is 9.18 Å². The number of nitrogens with one attached hydrogen (secondary N) is 1. The van der Waals surface area contributed by atoms with Crippen LogP contribution in [-0.4, -0.2) is 35.7 Å². The zero-order valence-corrected chi connectivity index (χ0v) is 19.0. The van der Waals surface area contributed by atoms with Crippen molar-refractivity contribution in [3.05, 3.63) is 58.9 Å². The molecular formula is C26H32FNO4. The van der Waals surface area contributed by atoms with E-state index in [1.165, 1.54) is 12.1 Å². The molecular weight excluding hydrogens is 409 g/mol. The number of aliphatic hydroxyl groups is 1. The lowest BCUT2D eigenvalue weighted by molar-refractivity contribution is -0.155. The molecule has 0 atom stereocenters. The van der Waals surface area contributed by atoms with Crippen LogP contribution in [0.2, 0.25) is 0 Å². The number of esters is 1. The average molecular weight is 442 g/mol. The Labute approximate surface area is 189 Å². The Balaban J connectivity index is 1.83. The Morgan fingerprint density at radius 3 is 2.38 bits per heavy atom. The number of halogens is 1. The second-order valence-corrected chi connectivity index (χ2v) is 8.69. The SMILES string of the molecule is CCOC(=O)C1(NC(=O)Cc2c(C)ccc(-c3ccc(F)cc3)c2C)CCC(CO)CC1. The van der Waals surface area contributed by atoms with Crippen molar-refractivity contribution in [2.24, 2.45) is 5.92 Å². The predicted molar refractivity (Wildman–Crippen MR) is 122 cm³/mol. The molecule has 3 rings (SSSR count). The highest BCUT2D eigenvalue weighted by molar-refractivity contribution is 5.89. The van der Waals surface area contributed by atoms with E-state index in [4.69, 9.17) is 4.74 Å². The topological polar surface area (TPSA) is 75.6 Å². The lowest BCUT2D eigenvalue weighted by Crippen LogP contribution is -2.57. The molecule has 172 valence electrons. The first-order valence-corrected chi connectivity index (χ1v) is 11.2. The van der Waals surface area contributed by atoms with E-state index in [0.717, 1.165) is 27.8 Å². The van der Waals surface area contributed by atoms with E-state index in [2.05, 4.69) is 5.32 Å². The zero-order valence-electron chi connectivity index (χ0n) is 19.0. The van der Waals surface area contributed by atoms with Gasteiger partial charge in [-0.3, -0.25) is 4.79 Å². The van der Waals surface area contributed by atoms with Crippen molar-refractivity contribution in [2.75, 3.05) is 13.2 Å². The van der Waals surface area contributed by atoms with E-state index < -0.39 is 11.5 Å². The van der Waals surface area contributed by atoms with E-state index in [1.54, 1.807) is 19.1 Å². The Morgan fingerprint density at radius 2 is 1.78 bits per heavy atom. The smallest absolute Gasteiger partial charge is 0.331 e. The standard InChI is InChI=1S/C26H32FNO4/c1-4-32-25(31)26(13-11-19(16-29)12-14-26)28-24(30)15-23-17(2)5-10-22(18(23)3)20-6-8-21(27)9-7-20/h5-10,19,29H,4,11-16H2,1-3H3,(H,28,30). The number of aryl methyl sites for hydroxylation is 1. The minimum absolute atomic E-state index is 0.0847. The maximum Gasteiger partial charge on any atom is 0.331 e. The number of hydrogen-bond donors (Lipinski definition) is 2. The molecule has 6 heteroatoms. The summed E-state index contributed by atoms with van der Waals surface area (Å²) in [5.74, 6) is -0.786. The van der Waals surface area contributed by atoms with Crippen molar-refractivity contribution in [3.8, 4) is 11.1 Å². The van der Waals surface area contributed by atoms with Crippen LogP contribution >= 0.6 is 0 Å². The molecule has 32 heavy (non-hydrogen) atoms. The third-order valence-electron chi connectivity index (χ3n) is 6.59. The molecule has 2 aromatic rings. The molecule has 0 radical (unpaired) electrons. The summed E-state index contributed by atoms with van der Waals surface area (Å²) in [7, 11) is 0. The van der Waals surface area contributed by atoms with Crippen LogP contribution in [0.4, 0.5) is 4.39 Å². The van der Waals surface area contributed by atoms with Crippen molar-refractivity contribution in [2.45, 2.75) is 58.4 Å². The first kappa shape index (κ1) is 23.9. The molecule has 0 aliphatic heterocycles. The van der Waals surface area contributed by atoms with Crippen LogP contribution in [0.1, 0.15) is 49.3 Å². The van der Waals surface area contributed by atoms with Gasteiger partial charge in [0.2, 0.25) is 5.91 Å². The molecule has 5 nitrogen and oxygen atoms in total. The van der Waals surface area contributed by atoms with Crippen molar-refractivity contribution >= 4 is 11.9 Å². The van der Waals surface area contributed by atoms with Crippen molar-refractivity contribution in [1.29, 1.82) is 0 Å². The van der Waals surface area contributed by atoms with Crippen LogP contribution in [0.5, 0.6) is 0 Å². The number of carbonyl (C=O) groups excluding carboxylic acids is 2. The molecule has 1 saturated carbocycles. The molecule has 0 spiro atoms. The molecule has 2 N–H and O–H groups in total. The molecule has 0 unspecified atom stereocenters. The summed E-state index contributed by atoms with van der Waals surface area (Å²) < 4.78 is 18.6. The highest BCUT2D eigenvalue weighted by atomic mass is 19.1. The summed E-state index contributed by atoms with van der Waals surface area (Å²) in [5, 5.41) is 12.4. The van der Waals surface area contributed by atoms with Crippen LogP contribution in [0.15, 0.2) is 36.4 Å². The van der Waals surface area contributed by atoms with Crippen LogP contribution in [0.3, 0.4) is 0 Å². The molecule has 0 bridgehead atoms. The second kappa shape index (κ2) is 10.3. The highest BCUT2D eigenvalue weighted by Gasteiger charge is 2.44. The van der Waals surface area contributed by atoms with Gasteiger partial charge in [-0.2, -0.15) is 0 Å². The van der Waals surface area contributed by atoms with Gasteiger partial charge in [-0.05, 0) is 92.3 Å². The fourth-order valence-electron chi connectivity index (χ4n) is 4.58. The quantitative estimate of drug-likeness (QED) is 0.630. The number of rotatable bonds is 7. The number of hydrogen-bond acceptors (Lipinski definition) is 4. The summed E-state index contributed by atoms with van der Waals surface area (Å²) in [6.07, 6.45) is 2.37. The number of benzene rings is 2. The molecule has 2 aromatic carbocycles. The van der Waals surface area contributed by atoms with Gasteiger partial charge in [0.25, 0.3) is 0 Å². The third kappa shape index (κ3) is 5.18. The largest absolute Gasteiger partial charge is 0.464 e. The van der Waals surface area contributed by atoms with Crippen LogP contribution < -0.4 is 5.32 Å². The van der Waals surface area contributed by atoms with Gasteiger partial charge in [0, 0.05) is 6.61 Å². The second-order valence-electron chi connectivity index (χ2n) is 8.69. The number of carbonyl (C=O) groups is 2. The predicted octanol–water partition coefficient (Wildman–Crippen LogP) is 4.25. The maximum absolute atomic E-state index is 13.3. The van der Waals surface area contributed by atoms with Gasteiger partial charge < -0.3 is 15.2 Å². The molecule has 1 aliphatic carbocycles. The van der Waals surface area contributed by atoms with Crippen LogP contribution in [-0.2, 0) is 20.7 Å². The van der Waals surface area contributed by atoms with E-state index >= 15 is 0 Å². The number of amides is 1. The Bertz CT molecular complexity index is 963. The van der Waals surface area contributed by atoms with Crippen molar-refractivity contribution < 1.29 is 23.8 Å². The Hall–Kier alpha value is -2.73. The normalized spacial score (nSPS) is 20.6. The van der Waals surface area contributed by atoms with Gasteiger partial charge in [0.05, 0.1) is 13.0 Å². The highest BCUT2D eigenvalue weighted by Crippen LogP contribution is 2.34. The molecule has 1 amide bonds. The monoisotopic (exact) mass is 441 g/mol. The van der Waals surface area contributed by atoms with Crippen LogP contribution in [0.25, 0.3) is 11.1 Å². The summed E-state index contributed by atoms with van der Waals surface area (Å²) in [6.45, 7) is 6.00. The van der Waals surface area contributed by atoms with Crippen molar-refractivity contribution in [3.63, 3.8) is 0 Å². The Morgan fingerprint density at radius 1 is 1.12 bits per heavy atom. The van der Waals surface area contributed by atoms with E-state index in [9.17, 15) is 19.1 Å². The first-order valence-electron chi connectivity index (χ1n) is 11.2. The lowest BCUT2D eigenvalue weighted by atomic mass is 9.76. The maximum atomic E-state index is 13.3. The molecule has 0 heterocycles. The van der Waals surface area contributed by atoms with Crippen molar-refractivity contribution in [1.82, 2.24) is 5.32 Å². The first-order chi connectivity index (χ1) is 15.3. The van der Waals surface area contributed by atoms with Gasteiger partial charge in [-0.1, -0.05) is 24.3 Å². The van der Waals surface area contributed by atoms with Gasteiger partial charge in [-0.15, -0.1) is 0 Å². The average Bonchev–Trinajstić information content (AvgIpc) is 2.78. The zero-order chi connectivity index (χ0) is 23.3. The summed E-state index contributed by atoms with van der Waals surface area (Å²) in [5.41, 5.74) is 3.62. The van der Waals surface area contributed by atoms with E-state index in [0.29, 0.717) is 25.7 Å².